The molecule has 7 nitrogen and oxygen atoms in total. The molecule has 1 atom stereocenters. The highest BCUT2D eigenvalue weighted by molar-refractivity contribution is 6.00. The maximum absolute atomic E-state index is 12.4. The summed E-state index contributed by atoms with van der Waals surface area (Å²) in [7, 11) is 0. The van der Waals surface area contributed by atoms with E-state index < -0.39 is 0 Å². The molecule has 0 radical (unpaired) electrons. The number of imidazole rings is 1. The monoisotopic (exact) mass is 312 g/mol. The Labute approximate surface area is 133 Å². The summed E-state index contributed by atoms with van der Waals surface area (Å²) < 4.78 is 1.77. The lowest BCUT2D eigenvalue weighted by atomic mass is 10.2. The van der Waals surface area contributed by atoms with Gasteiger partial charge in [-0.25, -0.2) is 9.78 Å². The van der Waals surface area contributed by atoms with Gasteiger partial charge < -0.3 is 9.97 Å². The summed E-state index contributed by atoms with van der Waals surface area (Å²) >= 11 is 0. The number of nitrogens with zero attached hydrogens (tertiary/aromatic N) is 4. The lowest BCUT2D eigenvalue weighted by Gasteiger charge is -2.23. The van der Waals surface area contributed by atoms with E-state index >= 15 is 0 Å². The number of hydrogen-bond donors (Lipinski definition) is 2. The van der Waals surface area contributed by atoms with Crippen LogP contribution in [0.4, 0.5) is 0 Å². The first-order valence-corrected chi connectivity index (χ1v) is 7.81. The van der Waals surface area contributed by atoms with E-state index in [0.29, 0.717) is 13.1 Å². The van der Waals surface area contributed by atoms with Gasteiger partial charge in [-0.1, -0.05) is 6.92 Å². The first kappa shape index (κ1) is 15.3. The number of nitrogens with one attached hydrogen (secondary N) is 2. The topological polar surface area (TPSA) is 93.5 Å². The molecule has 0 spiro atoms. The maximum atomic E-state index is 12.4. The number of nitriles is 1. The zero-order chi connectivity index (χ0) is 16.4. The largest absolute Gasteiger partial charge is 0.346 e. The van der Waals surface area contributed by atoms with Crippen LogP contribution in [0.25, 0.3) is 22.1 Å². The van der Waals surface area contributed by atoms with E-state index in [2.05, 4.69) is 32.8 Å². The Bertz CT molecular complexity index is 912. The minimum absolute atomic E-state index is 0.0448. The van der Waals surface area contributed by atoms with Crippen LogP contribution in [0, 0.1) is 11.3 Å². The third kappa shape index (κ3) is 2.73. The van der Waals surface area contributed by atoms with Crippen molar-refractivity contribution in [1.29, 1.82) is 5.26 Å². The Hall–Kier alpha value is -2.59. The average molecular weight is 312 g/mol. The van der Waals surface area contributed by atoms with Crippen LogP contribution in [0.2, 0.25) is 0 Å². The van der Waals surface area contributed by atoms with E-state index in [1.54, 1.807) is 10.8 Å². The van der Waals surface area contributed by atoms with E-state index in [-0.39, 0.29) is 11.7 Å². The zero-order valence-corrected chi connectivity index (χ0v) is 13.3. The summed E-state index contributed by atoms with van der Waals surface area (Å²) in [5.41, 5.74) is 2.22. The Balaban J connectivity index is 2.04. The molecule has 0 bridgehead atoms. The molecule has 0 aliphatic rings. The van der Waals surface area contributed by atoms with Crippen molar-refractivity contribution in [1.82, 2.24) is 24.4 Å². The van der Waals surface area contributed by atoms with Crippen molar-refractivity contribution >= 4 is 22.1 Å². The highest BCUT2D eigenvalue weighted by Gasteiger charge is 2.18. The minimum atomic E-state index is -0.142. The lowest BCUT2D eigenvalue weighted by molar-refractivity contribution is 0.264. The number of H-pyrrole nitrogens is 2. The molecule has 120 valence electrons. The summed E-state index contributed by atoms with van der Waals surface area (Å²) in [6.45, 7) is 5.96. The molecule has 0 amide bonds. The quantitative estimate of drug-likeness (QED) is 0.681. The SMILES string of the molecule is CCCN(CC#N)CC(C)n1c(=O)[nH]c2cnc3[nH]ccc3c21. The number of pyridine rings is 1. The summed E-state index contributed by atoms with van der Waals surface area (Å²) in [5, 5.41) is 9.89. The summed E-state index contributed by atoms with van der Waals surface area (Å²) in [6, 6.07) is 4.08. The Morgan fingerprint density at radius 2 is 2.35 bits per heavy atom. The molecule has 7 heteroatoms. The molecule has 0 aliphatic carbocycles. The molecule has 0 saturated carbocycles. The highest BCUT2D eigenvalue weighted by atomic mass is 16.1. The van der Waals surface area contributed by atoms with E-state index in [0.717, 1.165) is 35.0 Å². The molecular weight excluding hydrogens is 292 g/mol. The van der Waals surface area contributed by atoms with Gasteiger partial charge in [0, 0.05) is 24.2 Å². The normalized spacial score (nSPS) is 13.0. The molecule has 3 rings (SSSR count). The predicted octanol–water partition coefficient (Wildman–Crippen LogP) is 2.00. The van der Waals surface area contributed by atoms with Crippen LogP contribution in [0.15, 0.2) is 23.3 Å². The van der Waals surface area contributed by atoms with Gasteiger partial charge in [0.15, 0.2) is 0 Å². The second-order valence-corrected chi connectivity index (χ2v) is 5.80. The van der Waals surface area contributed by atoms with Gasteiger partial charge in [0.1, 0.15) is 5.65 Å². The van der Waals surface area contributed by atoms with Gasteiger partial charge in [0.2, 0.25) is 0 Å². The fraction of sp³-hybridized carbons (Fsp3) is 0.438. The lowest BCUT2D eigenvalue weighted by Crippen LogP contribution is -2.34. The number of rotatable bonds is 6. The second-order valence-electron chi connectivity index (χ2n) is 5.80. The average Bonchev–Trinajstić information content (AvgIpc) is 3.10. The molecule has 23 heavy (non-hydrogen) atoms. The molecule has 1 unspecified atom stereocenters. The first-order valence-electron chi connectivity index (χ1n) is 7.81. The minimum Gasteiger partial charge on any atom is -0.346 e. The Morgan fingerprint density at radius 1 is 1.52 bits per heavy atom. The molecule has 3 heterocycles. The van der Waals surface area contributed by atoms with E-state index in [1.807, 2.05) is 19.2 Å². The van der Waals surface area contributed by atoms with Crippen molar-refractivity contribution in [3.8, 4) is 6.07 Å². The summed E-state index contributed by atoms with van der Waals surface area (Å²) in [5.74, 6) is 0. The highest BCUT2D eigenvalue weighted by Crippen LogP contribution is 2.23. The zero-order valence-electron chi connectivity index (χ0n) is 13.3. The number of aromatic amines is 2. The molecule has 3 aromatic rings. The van der Waals surface area contributed by atoms with E-state index in [1.165, 1.54) is 0 Å². The van der Waals surface area contributed by atoms with Crippen LogP contribution < -0.4 is 5.69 Å². The molecule has 0 aliphatic heterocycles. The third-order valence-electron chi connectivity index (χ3n) is 4.06. The van der Waals surface area contributed by atoms with Crippen LogP contribution in [-0.4, -0.2) is 44.1 Å². The van der Waals surface area contributed by atoms with Crippen molar-refractivity contribution in [2.75, 3.05) is 19.6 Å². The van der Waals surface area contributed by atoms with Crippen molar-refractivity contribution in [2.45, 2.75) is 26.3 Å². The number of aromatic nitrogens is 4. The summed E-state index contributed by atoms with van der Waals surface area (Å²) in [6.07, 6.45) is 4.48. The van der Waals surface area contributed by atoms with Gasteiger partial charge >= 0.3 is 5.69 Å². The van der Waals surface area contributed by atoms with Crippen LogP contribution in [-0.2, 0) is 0 Å². The van der Waals surface area contributed by atoms with Crippen molar-refractivity contribution in [3.63, 3.8) is 0 Å². The van der Waals surface area contributed by atoms with Gasteiger partial charge in [-0.3, -0.25) is 9.47 Å². The smallest absolute Gasteiger partial charge is 0.326 e. The first-order chi connectivity index (χ1) is 11.2. The van der Waals surface area contributed by atoms with Gasteiger partial charge in [-0.15, -0.1) is 0 Å². The van der Waals surface area contributed by atoms with Crippen molar-refractivity contribution in [2.24, 2.45) is 0 Å². The fourth-order valence-corrected chi connectivity index (χ4v) is 3.15. The van der Waals surface area contributed by atoms with Crippen molar-refractivity contribution in [3.05, 3.63) is 28.9 Å². The van der Waals surface area contributed by atoms with Gasteiger partial charge in [0.25, 0.3) is 0 Å². The Kier molecular flexibility index (Phi) is 4.17. The van der Waals surface area contributed by atoms with E-state index in [4.69, 9.17) is 5.26 Å². The number of hydrogen-bond acceptors (Lipinski definition) is 4. The van der Waals surface area contributed by atoms with Gasteiger partial charge in [0.05, 0.1) is 29.8 Å². The van der Waals surface area contributed by atoms with Gasteiger partial charge in [-0.2, -0.15) is 5.26 Å². The fourth-order valence-electron chi connectivity index (χ4n) is 3.15. The van der Waals surface area contributed by atoms with Crippen molar-refractivity contribution < 1.29 is 0 Å². The predicted molar refractivity (Wildman–Crippen MR) is 89.3 cm³/mol. The van der Waals surface area contributed by atoms with Crippen LogP contribution in [0.3, 0.4) is 0 Å². The van der Waals surface area contributed by atoms with Gasteiger partial charge in [-0.05, 0) is 26.0 Å². The van der Waals surface area contributed by atoms with Crippen LogP contribution >= 0.6 is 0 Å². The molecular formula is C16H20N6O. The van der Waals surface area contributed by atoms with Crippen LogP contribution in [0.1, 0.15) is 26.3 Å². The second kappa shape index (κ2) is 6.26. The molecule has 0 saturated heterocycles. The standard InChI is InChI=1S/C16H20N6O/c1-3-7-21(8-5-17)10-11(2)22-14-12-4-6-18-15(12)19-9-13(14)20-16(22)23/h4,6,9,11H,3,7-8,10H2,1-2H3,(H,18,19)(H,20,23). The van der Waals surface area contributed by atoms with E-state index in [9.17, 15) is 4.79 Å². The third-order valence-corrected chi connectivity index (χ3v) is 4.06. The number of fused-ring (bicyclic) bond motifs is 3. The molecule has 0 fully saturated rings. The Morgan fingerprint density at radius 3 is 3.09 bits per heavy atom. The molecule has 3 aromatic heterocycles. The van der Waals surface area contributed by atoms with Crippen LogP contribution in [0.5, 0.6) is 0 Å². The maximum Gasteiger partial charge on any atom is 0.326 e. The molecule has 0 aromatic carbocycles. The molecule has 2 N–H and O–H groups in total. The summed E-state index contributed by atoms with van der Waals surface area (Å²) in [4.78, 5) is 24.8.